The number of hydrogen-bond donors (Lipinski definition) is 1. The standard InChI is InChI=1S/C13H15F5N2.ClH/c14-8-11(20-6-4-19-5-7-20)12-9(13(16,17)18)2-1-3-10(12)15;/h1-3,11,19H,4-8H2;1H/t11-;/m1./s1. The minimum atomic E-state index is -4.70. The van der Waals surface area contributed by atoms with E-state index in [0.717, 1.165) is 18.2 Å². The van der Waals surface area contributed by atoms with E-state index >= 15 is 0 Å². The van der Waals surface area contributed by atoms with E-state index in [1.807, 2.05) is 0 Å². The Kier molecular flexibility index (Phi) is 6.37. The molecule has 0 radical (unpaired) electrons. The summed E-state index contributed by atoms with van der Waals surface area (Å²) in [6.07, 6.45) is -4.70. The molecule has 1 aromatic rings. The van der Waals surface area contributed by atoms with Crippen molar-refractivity contribution in [2.75, 3.05) is 32.9 Å². The van der Waals surface area contributed by atoms with Gasteiger partial charge in [-0.05, 0) is 12.1 Å². The molecule has 2 rings (SSSR count). The van der Waals surface area contributed by atoms with Gasteiger partial charge in [0, 0.05) is 31.7 Å². The molecule has 1 saturated heterocycles. The maximum absolute atomic E-state index is 13.9. The van der Waals surface area contributed by atoms with Crippen LogP contribution in [-0.4, -0.2) is 37.8 Å². The number of halogens is 6. The first-order valence-corrected chi connectivity index (χ1v) is 6.31. The third kappa shape index (κ3) is 4.05. The highest BCUT2D eigenvalue weighted by molar-refractivity contribution is 5.85. The van der Waals surface area contributed by atoms with Gasteiger partial charge < -0.3 is 5.32 Å². The molecule has 1 aliphatic rings. The number of benzene rings is 1. The molecule has 0 aromatic heterocycles. The fourth-order valence-corrected chi connectivity index (χ4v) is 2.47. The largest absolute Gasteiger partial charge is 0.416 e. The van der Waals surface area contributed by atoms with Crippen LogP contribution in [0.4, 0.5) is 22.0 Å². The van der Waals surface area contributed by atoms with Gasteiger partial charge in [0.2, 0.25) is 0 Å². The van der Waals surface area contributed by atoms with E-state index in [9.17, 15) is 22.0 Å². The fraction of sp³-hybridized carbons (Fsp3) is 0.538. The van der Waals surface area contributed by atoms with Crippen molar-refractivity contribution >= 4 is 12.4 Å². The SMILES string of the molecule is Cl.FC[C@H](c1c(F)cccc1C(F)(F)F)N1CCNCC1. The van der Waals surface area contributed by atoms with E-state index in [2.05, 4.69) is 5.32 Å². The lowest BCUT2D eigenvalue weighted by molar-refractivity contribution is -0.139. The van der Waals surface area contributed by atoms with Crippen molar-refractivity contribution in [3.8, 4) is 0 Å². The summed E-state index contributed by atoms with van der Waals surface area (Å²) in [7, 11) is 0. The van der Waals surface area contributed by atoms with Crippen LogP contribution in [-0.2, 0) is 6.18 Å². The second kappa shape index (κ2) is 7.38. The second-order valence-corrected chi connectivity index (χ2v) is 4.65. The van der Waals surface area contributed by atoms with Crippen LogP contribution in [0.25, 0.3) is 0 Å². The number of rotatable bonds is 3. The van der Waals surface area contributed by atoms with E-state index in [1.165, 1.54) is 0 Å². The van der Waals surface area contributed by atoms with Gasteiger partial charge in [0.1, 0.15) is 12.5 Å². The van der Waals surface area contributed by atoms with Gasteiger partial charge in [-0.2, -0.15) is 13.2 Å². The molecule has 1 atom stereocenters. The highest BCUT2D eigenvalue weighted by Crippen LogP contribution is 2.37. The lowest BCUT2D eigenvalue weighted by Gasteiger charge is -2.34. The van der Waals surface area contributed by atoms with Crippen LogP contribution >= 0.6 is 12.4 Å². The molecule has 0 saturated carbocycles. The van der Waals surface area contributed by atoms with Crippen molar-refractivity contribution in [3.05, 3.63) is 35.1 Å². The van der Waals surface area contributed by atoms with Crippen molar-refractivity contribution < 1.29 is 22.0 Å². The monoisotopic (exact) mass is 330 g/mol. The molecule has 1 aromatic carbocycles. The Hall–Kier alpha value is -0.920. The predicted octanol–water partition coefficient (Wildman–Crippen LogP) is 3.18. The van der Waals surface area contributed by atoms with Gasteiger partial charge in [0.25, 0.3) is 0 Å². The van der Waals surface area contributed by atoms with E-state index < -0.39 is 35.8 Å². The van der Waals surface area contributed by atoms with Crippen LogP contribution in [0.3, 0.4) is 0 Å². The molecule has 1 fully saturated rings. The molecule has 0 spiro atoms. The van der Waals surface area contributed by atoms with E-state index in [0.29, 0.717) is 26.2 Å². The van der Waals surface area contributed by atoms with Gasteiger partial charge >= 0.3 is 6.18 Å². The van der Waals surface area contributed by atoms with Gasteiger partial charge in [-0.15, -0.1) is 12.4 Å². The average molecular weight is 331 g/mol. The van der Waals surface area contributed by atoms with Crippen LogP contribution in [0.15, 0.2) is 18.2 Å². The Morgan fingerprint density at radius 3 is 2.33 bits per heavy atom. The smallest absolute Gasteiger partial charge is 0.314 e. The summed E-state index contributed by atoms with van der Waals surface area (Å²) in [5.74, 6) is -1.01. The van der Waals surface area contributed by atoms with E-state index in [-0.39, 0.29) is 12.4 Å². The van der Waals surface area contributed by atoms with Crippen LogP contribution in [0.1, 0.15) is 17.2 Å². The molecule has 0 amide bonds. The summed E-state index contributed by atoms with van der Waals surface area (Å²) in [4.78, 5) is 1.55. The lowest BCUT2D eigenvalue weighted by Crippen LogP contribution is -2.46. The zero-order chi connectivity index (χ0) is 14.8. The van der Waals surface area contributed by atoms with Gasteiger partial charge in [0.15, 0.2) is 0 Å². The lowest BCUT2D eigenvalue weighted by atomic mass is 9.98. The maximum atomic E-state index is 13.9. The Bertz CT molecular complexity index is 460. The summed E-state index contributed by atoms with van der Waals surface area (Å²) >= 11 is 0. The van der Waals surface area contributed by atoms with Crippen LogP contribution in [0, 0.1) is 5.82 Å². The van der Waals surface area contributed by atoms with E-state index in [4.69, 9.17) is 0 Å². The molecule has 1 N–H and O–H groups in total. The predicted molar refractivity (Wildman–Crippen MR) is 71.8 cm³/mol. The quantitative estimate of drug-likeness (QED) is 0.856. The Balaban J connectivity index is 0.00000220. The molecule has 21 heavy (non-hydrogen) atoms. The molecule has 2 nitrogen and oxygen atoms in total. The number of hydrogen-bond acceptors (Lipinski definition) is 2. The molecule has 1 aliphatic heterocycles. The summed E-state index contributed by atoms with van der Waals surface area (Å²) < 4.78 is 66.1. The molecular formula is C13H16ClF5N2. The first-order chi connectivity index (χ1) is 9.45. The van der Waals surface area contributed by atoms with Gasteiger partial charge in [-0.1, -0.05) is 6.07 Å². The number of alkyl halides is 4. The molecule has 8 heteroatoms. The zero-order valence-corrected chi connectivity index (χ0v) is 11.9. The Labute approximate surface area is 125 Å². The minimum absolute atomic E-state index is 0. The molecule has 0 aliphatic carbocycles. The molecule has 120 valence electrons. The topological polar surface area (TPSA) is 15.3 Å². The minimum Gasteiger partial charge on any atom is -0.314 e. The first-order valence-electron chi connectivity index (χ1n) is 6.31. The highest BCUT2D eigenvalue weighted by Gasteiger charge is 2.38. The Morgan fingerprint density at radius 1 is 1.19 bits per heavy atom. The van der Waals surface area contributed by atoms with Crippen molar-refractivity contribution in [2.45, 2.75) is 12.2 Å². The van der Waals surface area contributed by atoms with Crippen molar-refractivity contribution in [1.82, 2.24) is 10.2 Å². The van der Waals surface area contributed by atoms with Crippen LogP contribution in [0.5, 0.6) is 0 Å². The molecule has 0 bridgehead atoms. The Morgan fingerprint density at radius 2 is 1.81 bits per heavy atom. The molecular weight excluding hydrogens is 315 g/mol. The third-order valence-corrected chi connectivity index (χ3v) is 3.43. The van der Waals surface area contributed by atoms with Gasteiger partial charge in [0.05, 0.1) is 11.6 Å². The molecule has 0 unspecified atom stereocenters. The van der Waals surface area contributed by atoms with Crippen molar-refractivity contribution in [2.24, 2.45) is 0 Å². The van der Waals surface area contributed by atoms with Crippen molar-refractivity contribution in [1.29, 1.82) is 0 Å². The molecule has 1 heterocycles. The van der Waals surface area contributed by atoms with E-state index in [1.54, 1.807) is 4.90 Å². The second-order valence-electron chi connectivity index (χ2n) is 4.65. The summed E-state index contributed by atoms with van der Waals surface area (Å²) in [5.41, 5.74) is -1.69. The van der Waals surface area contributed by atoms with Crippen LogP contribution < -0.4 is 5.32 Å². The summed E-state index contributed by atoms with van der Waals surface area (Å²) in [5, 5.41) is 3.02. The number of nitrogens with zero attached hydrogens (tertiary/aromatic N) is 1. The van der Waals surface area contributed by atoms with Crippen LogP contribution in [0.2, 0.25) is 0 Å². The maximum Gasteiger partial charge on any atom is 0.416 e. The zero-order valence-electron chi connectivity index (χ0n) is 11.1. The average Bonchev–Trinajstić information content (AvgIpc) is 2.41. The van der Waals surface area contributed by atoms with Crippen molar-refractivity contribution in [3.63, 3.8) is 0 Å². The number of nitrogens with one attached hydrogen (secondary N) is 1. The highest BCUT2D eigenvalue weighted by atomic mass is 35.5. The normalized spacial score (nSPS) is 18.1. The summed E-state index contributed by atoms with van der Waals surface area (Å²) in [6.45, 7) is 0.822. The fourth-order valence-electron chi connectivity index (χ4n) is 2.47. The third-order valence-electron chi connectivity index (χ3n) is 3.43. The number of piperazine rings is 1. The first kappa shape index (κ1) is 18.1. The van der Waals surface area contributed by atoms with Gasteiger partial charge in [-0.3, -0.25) is 4.90 Å². The summed E-state index contributed by atoms with van der Waals surface area (Å²) in [6, 6.07) is 1.53. The van der Waals surface area contributed by atoms with Gasteiger partial charge in [-0.25, -0.2) is 8.78 Å².